The van der Waals surface area contributed by atoms with Gasteiger partial charge in [0.2, 0.25) is 5.91 Å². The number of aliphatic hydroxyl groups excluding tert-OH is 8. The molecule has 2 saturated heterocycles. The Labute approximate surface area is 532 Å². The molecule has 0 aromatic rings. The molecule has 0 aromatic carbocycles. The van der Waals surface area contributed by atoms with Gasteiger partial charge in [-0.15, -0.1) is 0 Å². The van der Waals surface area contributed by atoms with E-state index in [1.807, 2.05) is 6.08 Å². The molecule has 9 N–H and O–H groups in total. The molecule has 87 heavy (non-hydrogen) atoms. The van der Waals surface area contributed by atoms with Crippen molar-refractivity contribution in [2.75, 3.05) is 19.8 Å². The first-order valence-electron chi connectivity index (χ1n) is 37.1. The first-order valence-corrected chi connectivity index (χ1v) is 37.1. The van der Waals surface area contributed by atoms with Gasteiger partial charge in [0.25, 0.3) is 0 Å². The highest BCUT2D eigenvalue weighted by Crippen LogP contribution is 2.30. The SMILES string of the molecule is CCCCCCCC/C=C/CC/C=C/C(O)C(COC1OC(CO)C(OC2OC(CO)C(O)C(O)C2O)C(O)C1O)NC(=O)CCCCCCCCCCCCCCCCCCCCCCCCCCCCCCCCCCCCCCCCCCC. The van der Waals surface area contributed by atoms with Gasteiger partial charge in [-0.2, -0.15) is 0 Å². The molecule has 2 fully saturated rings. The van der Waals surface area contributed by atoms with Crippen LogP contribution < -0.4 is 5.32 Å². The van der Waals surface area contributed by atoms with Gasteiger partial charge in [-0.1, -0.05) is 327 Å². The molecule has 0 spiro atoms. The number of hydrogen-bond acceptors (Lipinski definition) is 13. The Bertz CT molecular complexity index is 1550. The molecule has 12 unspecified atom stereocenters. The first-order chi connectivity index (χ1) is 42.6. The summed E-state index contributed by atoms with van der Waals surface area (Å²) < 4.78 is 22.8. The largest absolute Gasteiger partial charge is 0.394 e. The van der Waals surface area contributed by atoms with E-state index in [-0.39, 0.29) is 18.9 Å². The van der Waals surface area contributed by atoms with Crippen molar-refractivity contribution >= 4 is 5.91 Å². The highest BCUT2D eigenvalue weighted by atomic mass is 16.7. The number of hydrogen-bond donors (Lipinski definition) is 9. The Kier molecular flexibility index (Phi) is 54.7. The Morgan fingerprint density at radius 3 is 1.13 bits per heavy atom. The van der Waals surface area contributed by atoms with Crippen LogP contribution in [0.3, 0.4) is 0 Å². The number of carbonyl (C=O) groups is 1. The van der Waals surface area contributed by atoms with Crippen LogP contribution in [0.5, 0.6) is 0 Å². The van der Waals surface area contributed by atoms with Gasteiger partial charge in [0, 0.05) is 6.42 Å². The molecule has 14 heteroatoms. The molecule has 2 rings (SSSR count). The van der Waals surface area contributed by atoms with Crippen LogP contribution in [0.15, 0.2) is 24.3 Å². The number of unbranched alkanes of at least 4 members (excludes halogenated alkanes) is 47. The maximum Gasteiger partial charge on any atom is 0.220 e. The van der Waals surface area contributed by atoms with Gasteiger partial charge in [0.05, 0.1) is 32.0 Å². The van der Waals surface area contributed by atoms with Gasteiger partial charge in [-0.25, -0.2) is 0 Å². The van der Waals surface area contributed by atoms with Crippen LogP contribution in [0.1, 0.15) is 341 Å². The first kappa shape index (κ1) is 81.6. The normalized spacial score (nSPS) is 23.3. The molecular weight excluding hydrogens is 1100 g/mol. The molecule has 12 atom stereocenters. The Balaban J connectivity index is 1.51. The van der Waals surface area contributed by atoms with Crippen molar-refractivity contribution in [2.45, 2.75) is 415 Å². The van der Waals surface area contributed by atoms with E-state index in [4.69, 9.17) is 18.9 Å². The molecule has 1 amide bonds. The molecule has 0 bridgehead atoms. The zero-order valence-corrected chi connectivity index (χ0v) is 56.0. The van der Waals surface area contributed by atoms with E-state index in [0.717, 1.165) is 32.1 Å². The number of rotatable bonds is 62. The zero-order valence-electron chi connectivity index (χ0n) is 56.0. The topological polar surface area (TPSA) is 228 Å². The van der Waals surface area contributed by atoms with Crippen molar-refractivity contribution in [3.05, 3.63) is 24.3 Å². The molecule has 514 valence electrons. The van der Waals surface area contributed by atoms with Crippen LogP contribution in [0, 0.1) is 0 Å². The third-order valence-electron chi connectivity index (χ3n) is 18.4. The smallest absolute Gasteiger partial charge is 0.220 e. The van der Waals surface area contributed by atoms with E-state index >= 15 is 0 Å². The fourth-order valence-corrected chi connectivity index (χ4v) is 12.5. The van der Waals surface area contributed by atoms with Crippen LogP contribution in [0.2, 0.25) is 0 Å². The number of aliphatic hydroxyl groups is 8. The van der Waals surface area contributed by atoms with Crippen LogP contribution in [0.25, 0.3) is 0 Å². The fraction of sp³-hybridized carbons (Fsp3) is 0.932. The van der Waals surface area contributed by atoms with Crippen molar-refractivity contribution in [3.8, 4) is 0 Å². The van der Waals surface area contributed by atoms with Gasteiger partial charge in [-0.3, -0.25) is 4.79 Å². The Morgan fingerprint density at radius 1 is 0.402 bits per heavy atom. The maximum atomic E-state index is 13.3. The van der Waals surface area contributed by atoms with Crippen LogP contribution in [-0.2, 0) is 23.7 Å². The predicted molar refractivity (Wildman–Crippen MR) is 355 cm³/mol. The standard InChI is InChI=1S/C73H139NO13/c1-3-5-7-9-11-13-15-17-18-19-20-21-22-23-24-25-26-27-28-29-30-31-32-33-34-35-36-37-38-39-40-41-42-43-44-45-47-49-51-53-55-57-65(78)74-61(62(77)56-54-52-50-48-46-16-14-12-10-8-6-4-2)60-84-72-70(83)68(81)71(64(59-76)86-72)87-73-69(82)67(80)66(79)63(58-75)85-73/h46,48,54,56,61-64,66-73,75-77,79-83H,3-45,47,49-53,55,57-60H2,1-2H3,(H,74,78)/b48-46+,56-54+. The molecular formula is C73H139NO13. The van der Waals surface area contributed by atoms with Crippen molar-refractivity contribution in [1.82, 2.24) is 5.32 Å². The highest BCUT2D eigenvalue weighted by molar-refractivity contribution is 5.76. The summed E-state index contributed by atoms with van der Waals surface area (Å²) in [7, 11) is 0. The lowest BCUT2D eigenvalue weighted by molar-refractivity contribution is -0.359. The Hall–Kier alpha value is -1.53. The van der Waals surface area contributed by atoms with E-state index in [1.54, 1.807) is 6.08 Å². The lowest BCUT2D eigenvalue weighted by atomic mass is 9.97. The molecule has 0 aliphatic carbocycles. The van der Waals surface area contributed by atoms with E-state index in [0.29, 0.717) is 12.8 Å². The summed E-state index contributed by atoms with van der Waals surface area (Å²) >= 11 is 0. The van der Waals surface area contributed by atoms with Crippen molar-refractivity contribution in [3.63, 3.8) is 0 Å². The maximum absolute atomic E-state index is 13.3. The summed E-state index contributed by atoms with van der Waals surface area (Å²) in [5, 5.41) is 87.1. The van der Waals surface area contributed by atoms with E-state index in [9.17, 15) is 45.6 Å². The second-order valence-corrected chi connectivity index (χ2v) is 26.4. The molecule has 2 aliphatic rings. The molecule has 2 aliphatic heterocycles. The zero-order chi connectivity index (χ0) is 63.1. The second kappa shape index (κ2) is 58.3. The minimum atomic E-state index is -1.79. The predicted octanol–water partition coefficient (Wildman–Crippen LogP) is 15.5. The fourth-order valence-electron chi connectivity index (χ4n) is 12.5. The minimum Gasteiger partial charge on any atom is -0.394 e. The average Bonchev–Trinajstić information content (AvgIpc) is 2.27. The Morgan fingerprint density at radius 2 is 0.736 bits per heavy atom. The highest BCUT2D eigenvalue weighted by Gasteiger charge is 2.51. The number of ether oxygens (including phenoxy) is 4. The van der Waals surface area contributed by atoms with Crippen molar-refractivity contribution in [1.29, 1.82) is 0 Å². The van der Waals surface area contributed by atoms with Crippen LogP contribution in [0.4, 0.5) is 0 Å². The minimum absolute atomic E-state index is 0.244. The third kappa shape index (κ3) is 42.4. The lowest BCUT2D eigenvalue weighted by Gasteiger charge is -2.46. The van der Waals surface area contributed by atoms with E-state index < -0.39 is 86.8 Å². The summed E-state index contributed by atoms with van der Waals surface area (Å²) in [6.45, 7) is 2.80. The van der Waals surface area contributed by atoms with Gasteiger partial charge in [0.1, 0.15) is 48.8 Å². The number of carbonyl (C=O) groups excluding carboxylic acids is 1. The quantitative estimate of drug-likeness (QED) is 0.0204. The van der Waals surface area contributed by atoms with E-state index in [1.165, 1.54) is 276 Å². The summed E-state index contributed by atoms with van der Waals surface area (Å²) in [5.74, 6) is -0.244. The van der Waals surface area contributed by atoms with Crippen LogP contribution >= 0.6 is 0 Å². The van der Waals surface area contributed by atoms with Gasteiger partial charge in [0.15, 0.2) is 12.6 Å². The van der Waals surface area contributed by atoms with Crippen molar-refractivity contribution in [2.24, 2.45) is 0 Å². The summed E-state index contributed by atoms with van der Waals surface area (Å²) in [6, 6.07) is -0.928. The summed E-state index contributed by atoms with van der Waals surface area (Å²) in [5.41, 5.74) is 0. The summed E-state index contributed by atoms with van der Waals surface area (Å²) in [4.78, 5) is 13.3. The third-order valence-corrected chi connectivity index (χ3v) is 18.4. The average molecular weight is 1240 g/mol. The summed E-state index contributed by atoms with van der Waals surface area (Å²) in [6.07, 6.45) is 57.4. The molecule has 0 aromatic heterocycles. The van der Waals surface area contributed by atoms with Crippen molar-refractivity contribution < 1.29 is 64.6 Å². The number of allylic oxidation sites excluding steroid dienone is 3. The van der Waals surface area contributed by atoms with Gasteiger partial charge in [-0.05, 0) is 32.1 Å². The molecule has 14 nitrogen and oxygen atoms in total. The lowest BCUT2D eigenvalue weighted by Crippen LogP contribution is -2.65. The monoisotopic (exact) mass is 1240 g/mol. The molecule has 0 saturated carbocycles. The molecule has 2 heterocycles. The van der Waals surface area contributed by atoms with Gasteiger partial charge < -0.3 is 65.1 Å². The van der Waals surface area contributed by atoms with Gasteiger partial charge >= 0.3 is 0 Å². The number of nitrogens with one attached hydrogen (secondary N) is 1. The van der Waals surface area contributed by atoms with E-state index in [2.05, 4.69) is 31.3 Å². The molecule has 0 radical (unpaired) electrons. The second-order valence-electron chi connectivity index (χ2n) is 26.4. The van der Waals surface area contributed by atoms with Crippen LogP contribution in [-0.4, -0.2) is 140 Å². The number of amides is 1.